The second kappa shape index (κ2) is 9.65. The Balaban J connectivity index is 1.88. The van der Waals surface area contributed by atoms with E-state index >= 15 is 0 Å². The second-order valence-electron chi connectivity index (χ2n) is 6.62. The van der Waals surface area contributed by atoms with E-state index in [1.165, 1.54) is 36.4 Å². The van der Waals surface area contributed by atoms with Crippen molar-refractivity contribution < 1.29 is 32.3 Å². The molecule has 3 aromatic carbocycles. The van der Waals surface area contributed by atoms with Gasteiger partial charge in [0.2, 0.25) is 6.10 Å². The lowest BCUT2D eigenvalue weighted by atomic mass is 10.1. The second-order valence-corrected chi connectivity index (χ2v) is 7.02. The summed E-state index contributed by atoms with van der Waals surface area (Å²) >= 11 is 5.95. The van der Waals surface area contributed by atoms with Crippen LogP contribution in [0.2, 0.25) is 5.02 Å². The van der Waals surface area contributed by atoms with Gasteiger partial charge in [0, 0.05) is 11.1 Å². The number of hydrogen-bond donors (Lipinski definition) is 1. The van der Waals surface area contributed by atoms with E-state index in [4.69, 9.17) is 16.3 Å². The number of nitrogens with one attached hydrogen (secondary N) is 1. The first kappa shape index (κ1) is 23.0. The van der Waals surface area contributed by atoms with Crippen LogP contribution in [-0.4, -0.2) is 18.2 Å². The van der Waals surface area contributed by atoms with Gasteiger partial charge in [0.05, 0.1) is 21.8 Å². The molecule has 0 fully saturated rings. The summed E-state index contributed by atoms with van der Waals surface area (Å²) in [5, 5.41) is 2.19. The quantitative estimate of drug-likeness (QED) is 0.377. The van der Waals surface area contributed by atoms with Gasteiger partial charge in [-0.3, -0.25) is 9.59 Å². The Labute approximate surface area is 185 Å². The maximum atomic E-state index is 13.0. The zero-order valence-electron chi connectivity index (χ0n) is 16.2. The van der Waals surface area contributed by atoms with Crippen molar-refractivity contribution in [2.45, 2.75) is 12.3 Å². The number of anilines is 1. The molecule has 0 bridgehead atoms. The van der Waals surface area contributed by atoms with E-state index in [1.54, 1.807) is 18.2 Å². The number of ether oxygens (including phenoxy) is 1. The minimum atomic E-state index is -4.64. The fraction of sp³-hybridized carbons (Fsp3) is 0.0870. The van der Waals surface area contributed by atoms with Crippen molar-refractivity contribution in [3.05, 3.63) is 100 Å². The summed E-state index contributed by atoms with van der Waals surface area (Å²) in [6.45, 7) is 0. The molecule has 0 heterocycles. The van der Waals surface area contributed by atoms with E-state index < -0.39 is 29.7 Å². The van der Waals surface area contributed by atoms with Gasteiger partial charge in [-0.2, -0.15) is 13.2 Å². The Morgan fingerprint density at radius 1 is 0.969 bits per heavy atom. The van der Waals surface area contributed by atoms with Crippen molar-refractivity contribution in [3.63, 3.8) is 0 Å². The number of benzene rings is 3. The molecule has 0 aliphatic carbocycles. The van der Waals surface area contributed by atoms with E-state index in [-0.39, 0.29) is 16.3 Å². The number of esters is 1. The maximum absolute atomic E-state index is 13.0. The number of halogens is 4. The van der Waals surface area contributed by atoms with Crippen molar-refractivity contribution in [1.29, 1.82) is 0 Å². The molecule has 32 heavy (non-hydrogen) atoms. The summed E-state index contributed by atoms with van der Waals surface area (Å²) in [5.74, 6) is -1.75. The van der Waals surface area contributed by atoms with Crippen LogP contribution in [0.15, 0.2) is 72.8 Å². The summed E-state index contributed by atoms with van der Waals surface area (Å²) < 4.78 is 44.4. The molecule has 0 aliphatic rings. The summed E-state index contributed by atoms with van der Waals surface area (Å²) in [6, 6.07) is 16.0. The minimum Gasteiger partial charge on any atom is -0.444 e. The van der Waals surface area contributed by atoms with Crippen LogP contribution >= 0.6 is 11.6 Å². The lowest BCUT2D eigenvalue weighted by Gasteiger charge is -2.19. The van der Waals surface area contributed by atoms with E-state index in [2.05, 4.69) is 5.32 Å². The van der Waals surface area contributed by atoms with E-state index in [0.717, 1.165) is 12.1 Å². The molecule has 0 aromatic heterocycles. The molecule has 0 saturated carbocycles. The van der Waals surface area contributed by atoms with Crippen LogP contribution in [0.25, 0.3) is 0 Å². The third kappa shape index (κ3) is 5.53. The van der Waals surface area contributed by atoms with Gasteiger partial charge in [-0.15, -0.1) is 0 Å². The van der Waals surface area contributed by atoms with Gasteiger partial charge >= 0.3 is 12.1 Å². The predicted molar refractivity (Wildman–Crippen MR) is 112 cm³/mol. The molecule has 1 N–H and O–H groups in total. The Hall–Kier alpha value is -3.65. The van der Waals surface area contributed by atoms with Crippen molar-refractivity contribution in [1.82, 2.24) is 0 Å². The Kier molecular flexibility index (Phi) is 6.95. The molecule has 164 valence electrons. The Morgan fingerprint density at radius 2 is 1.62 bits per heavy atom. The zero-order chi connectivity index (χ0) is 23.3. The number of hydrogen-bond acceptors (Lipinski definition) is 4. The standard InChI is InChI=1S/C23H15ClF3NO4/c24-18-11-10-17(23(25,26)27)12-19(18)28-21(30)20(15-4-2-1-3-5-15)32-22(31)16-8-6-14(13-29)7-9-16/h1-13,20H,(H,28,30). The number of carbonyl (C=O) groups is 3. The molecular formula is C23H15ClF3NO4. The molecule has 0 saturated heterocycles. The summed E-state index contributed by atoms with van der Waals surface area (Å²) in [5.41, 5.74) is -0.551. The van der Waals surface area contributed by atoms with Gasteiger partial charge in [0.25, 0.3) is 5.91 Å². The monoisotopic (exact) mass is 461 g/mol. The summed E-state index contributed by atoms with van der Waals surface area (Å²) in [6.07, 6.45) is -5.50. The zero-order valence-corrected chi connectivity index (χ0v) is 17.0. The molecule has 0 spiro atoms. The molecule has 1 unspecified atom stereocenters. The molecule has 3 rings (SSSR count). The van der Waals surface area contributed by atoms with Crippen molar-refractivity contribution >= 4 is 35.5 Å². The first-order chi connectivity index (χ1) is 15.2. The third-order valence-corrected chi connectivity index (χ3v) is 4.73. The van der Waals surface area contributed by atoms with Crippen LogP contribution in [-0.2, 0) is 15.7 Å². The average molecular weight is 462 g/mol. The molecule has 0 radical (unpaired) electrons. The number of aldehydes is 1. The average Bonchev–Trinajstić information content (AvgIpc) is 2.78. The van der Waals surface area contributed by atoms with Gasteiger partial charge < -0.3 is 10.1 Å². The molecular weight excluding hydrogens is 447 g/mol. The Bertz CT molecular complexity index is 1130. The molecule has 1 atom stereocenters. The summed E-state index contributed by atoms with van der Waals surface area (Å²) in [4.78, 5) is 36.3. The Morgan fingerprint density at radius 3 is 2.22 bits per heavy atom. The topological polar surface area (TPSA) is 72.5 Å². The number of carbonyl (C=O) groups excluding carboxylic acids is 3. The van der Waals surface area contributed by atoms with E-state index in [0.29, 0.717) is 23.5 Å². The first-order valence-corrected chi connectivity index (χ1v) is 9.55. The van der Waals surface area contributed by atoms with Crippen molar-refractivity contribution in [2.75, 3.05) is 5.32 Å². The third-order valence-electron chi connectivity index (χ3n) is 4.40. The van der Waals surface area contributed by atoms with Gasteiger partial charge in [0.1, 0.15) is 6.29 Å². The predicted octanol–water partition coefficient (Wildman–Crippen LogP) is 5.71. The van der Waals surface area contributed by atoms with Crippen molar-refractivity contribution in [3.8, 4) is 0 Å². The highest BCUT2D eigenvalue weighted by Gasteiger charge is 2.32. The SMILES string of the molecule is O=Cc1ccc(C(=O)OC(C(=O)Nc2cc(C(F)(F)F)ccc2Cl)c2ccccc2)cc1. The van der Waals surface area contributed by atoms with Crippen LogP contribution < -0.4 is 5.32 Å². The van der Waals surface area contributed by atoms with Crippen LogP contribution in [0.1, 0.15) is 37.9 Å². The van der Waals surface area contributed by atoms with Gasteiger partial charge in [-0.25, -0.2) is 4.79 Å². The van der Waals surface area contributed by atoms with Crippen molar-refractivity contribution in [2.24, 2.45) is 0 Å². The lowest BCUT2D eigenvalue weighted by Crippen LogP contribution is -2.26. The minimum absolute atomic E-state index is 0.0847. The first-order valence-electron chi connectivity index (χ1n) is 9.18. The normalized spacial score (nSPS) is 12.0. The van der Waals surface area contributed by atoms with Gasteiger partial charge in [0.15, 0.2) is 0 Å². The molecule has 5 nitrogen and oxygen atoms in total. The van der Waals surface area contributed by atoms with E-state index in [9.17, 15) is 27.6 Å². The van der Waals surface area contributed by atoms with Crippen LogP contribution in [0.4, 0.5) is 18.9 Å². The lowest BCUT2D eigenvalue weighted by molar-refractivity contribution is -0.137. The molecule has 1 amide bonds. The van der Waals surface area contributed by atoms with E-state index in [1.807, 2.05) is 0 Å². The largest absolute Gasteiger partial charge is 0.444 e. The number of amides is 1. The van der Waals surface area contributed by atoms with Crippen LogP contribution in [0, 0.1) is 0 Å². The van der Waals surface area contributed by atoms with Crippen LogP contribution in [0.5, 0.6) is 0 Å². The fourth-order valence-electron chi connectivity index (χ4n) is 2.77. The molecule has 0 aliphatic heterocycles. The van der Waals surface area contributed by atoms with Crippen LogP contribution in [0.3, 0.4) is 0 Å². The highest BCUT2D eigenvalue weighted by Crippen LogP contribution is 2.34. The number of rotatable bonds is 6. The van der Waals surface area contributed by atoms with Gasteiger partial charge in [-0.05, 0) is 30.3 Å². The smallest absolute Gasteiger partial charge is 0.416 e. The highest BCUT2D eigenvalue weighted by molar-refractivity contribution is 6.33. The van der Waals surface area contributed by atoms with Gasteiger partial charge in [-0.1, -0.05) is 54.1 Å². The summed E-state index contributed by atoms with van der Waals surface area (Å²) in [7, 11) is 0. The maximum Gasteiger partial charge on any atom is 0.416 e. The fourth-order valence-corrected chi connectivity index (χ4v) is 2.93. The number of alkyl halides is 3. The molecule has 9 heteroatoms. The molecule has 3 aromatic rings. The highest BCUT2D eigenvalue weighted by atomic mass is 35.5.